The van der Waals surface area contributed by atoms with E-state index in [1.807, 2.05) is 55.5 Å². The van der Waals surface area contributed by atoms with E-state index in [0.717, 1.165) is 12.0 Å². The summed E-state index contributed by atoms with van der Waals surface area (Å²) in [6.07, 6.45) is 3.08. The van der Waals surface area contributed by atoms with Gasteiger partial charge in [-0.05, 0) is 31.2 Å². The zero-order valence-electron chi connectivity index (χ0n) is 16.4. The summed E-state index contributed by atoms with van der Waals surface area (Å²) in [6, 6.07) is 19.0. The summed E-state index contributed by atoms with van der Waals surface area (Å²) in [6.45, 7) is 2.01. The summed E-state index contributed by atoms with van der Waals surface area (Å²) in [4.78, 5) is 27.3. The van der Waals surface area contributed by atoms with Gasteiger partial charge in [-0.15, -0.1) is 0 Å². The molecule has 2 fully saturated rings. The third-order valence-corrected chi connectivity index (χ3v) is 7.36. The molecule has 0 radical (unpaired) electrons. The molecule has 2 saturated carbocycles. The van der Waals surface area contributed by atoms with Crippen LogP contribution in [0.15, 0.2) is 60.7 Å². The van der Waals surface area contributed by atoms with Crippen LogP contribution in [0.4, 0.5) is 0 Å². The lowest BCUT2D eigenvalue weighted by Crippen LogP contribution is -2.63. The van der Waals surface area contributed by atoms with Crippen molar-refractivity contribution in [3.63, 3.8) is 0 Å². The molecule has 0 aliphatic heterocycles. The molecule has 0 heterocycles. The highest BCUT2D eigenvalue weighted by Gasteiger charge is 2.68. The average Bonchev–Trinajstić information content (AvgIpc) is 3.22. The maximum Gasteiger partial charge on any atom is 0.183 e. The van der Waals surface area contributed by atoms with Crippen LogP contribution in [0, 0.1) is 5.41 Å². The first-order chi connectivity index (χ1) is 13.4. The Morgan fingerprint density at radius 3 is 2.14 bits per heavy atom. The zero-order valence-corrected chi connectivity index (χ0v) is 16.4. The molecule has 1 spiro atoms. The zero-order chi connectivity index (χ0) is 20.0. The van der Waals surface area contributed by atoms with E-state index >= 15 is 0 Å². The van der Waals surface area contributed by atoms with Crippen molar-refractivity contribution in [3.8, 4) is 0 Å². The molecule has 4 N–H and O–H groups in total. The van der Waals surface area contributed by atoms with E-state index < -0.39 is 16.5 Å². The molecule has 0 saturated heterocycles. The van der Waals surface area contributed by atoms with Crippen molar-refractivity contribution in [2.45, 2.75) is 56.0 Å². The van der Waals surface area contributed by atoms with Crippen LogP contribution < -0.4 is 11.5 Å². The summed E-state index contributed by atoms with van der Waals surface area (Å²) in [5.74, 6) is -0.284. The summed E-state index contributed by atoms with van der Waals surface area (Å²) < 4.78 is 0. The largest absolute Gasteiger partial charge is 0.318 e. The number of rotatable bonds is 4. The molecule has 146 valence electrons. The lowest BCUT2D eigenvalue weighted by molar-refractivity contribution is -0.132. The van der Waals surface area contributed by atoms with Gasteiger partial charge in [0.15, 0.2) is 11.6 Å². The van der Waals surface area contributed by atoms with Crippen molar-refractivity contribution in [1.82, 2.24) is 0 Å². The molecule has 4 nitrogen and oxygen atoms in total. The Balaban J connectivity index is 1.72. The van der Waals surface area contributed by atoms with Gasteiger partial charge in [0.2, 0.25) is 0 Å². The Labute approximate surface area is 166 Å². The van der Waals surface area contributed by atoms with E-state index in [1.54, 1.807) is 12.1 Å². The molecule has 0 aromatic heterocycles. The molecular formula is C24H28N2O2. The maximum atomic E-state index is 13.9. The van der Waals surface area contributed by atoms with Crippen molar-refractivity contribution in [2.24, 2.45) is 16.9 Å². The minimum Gasteiger partial charge on any atom is -0.318 e. The molecule has 4 rings (SSSR count). The normalized spacial score (nSPS) is 33.3. The van der Waals surface area contributed by atoms with Crippen molar-refractivity contribution in [2.75, 3.05) is 0 Å². The number of carbonyl (C=O) groups is 2. The number of hydrogen-bond donors (Lipinski definition) is 2. The van der Waals surface area contributed by atoms with Crippen LogP contribution in [0.1, 0.15) is 60.9 Å². The fraction of sp³-hybridized carbons (Fsp3) is 0.417. The Morgan fingerprint density at radius 1 is 0.893 bits per heavy atom. The summed E-state index contributed by atoms with van der Waals surface area (Å²) in [7, 11) is 0. The van der Waals surface area contributed by atoms with Crippen molar-refractivity contribution < 1.29 is 9.59 Å². The standard InChI is InChI=1S/C24H28N2O2/c1-17(18-9-4-2-5-10-18)23(25)16-15-22(21(23)28)13-8-14-24(22,26)20(27)19-11-6-3-7-12-19/h2-7,9-12,17H,8,13-16,25-26H2,1H3/t17-,22?,23?,24?/m1/s1. The Morgan fingerprint density at radius 2 is 1.50 bits per heavy atom. The van der Waals surface area contributed by atoms with E-state index in [2.05, 4.69) is 0 Å². The van der Waals surface area contributed by atoms with Gasteiger partial charge in [-0.25, -0.2) is 0 Å². The third kappa shape index (κ3) is 2.51. The van der Waals surface area contributed by atoms with E-state index in [9.17, 15) is 9.59 Å². The first-order valence-electron chi connectivity index (χ1n) is 10.1. The molecule has 4 heteroatoms. The van der Waals surface area contributed by atoms with Crippen LogP contribution in [0.5, 0.6) is 0 Å². The minimum absolute atomic E-state index is 0.0272. The van der Waals surface area contributed by atoms with Gasteiger partial charge in [-0.2, -0.15) is 0 Å². The minimum atomic E-state index is -1.18. The summed E-state index contributed by atoms with van der Waals surface area (Å²) >= 11 is 0. The van der Waals surface area contributed by atoms with Gasteiger partial charge in [0, 0.05) is 11.5 Å². The lowest BCUT2D eigenvalue weighted by atomic mass is 9.64. The second-order valence-electron chi connectivity index (χ2n) is 8.60. The number of carbonyl (C=O) groups excluding carboxylic acids is 2. The van der Waals surface area contributed by atoms with Crippen LogP contribution >= 0.6 is 0 Å². The van der Waals surface area contributed by atoms with Crippen LogP contribution in [-0.4, -0.2) is 22.6 Å². The predicted octanol–water partition coefficient (Wildman–Crippen LogP) is 3.60. The first kappa shape index (κ1) is 19.0. The highest BCUT2D eigenvalue weighted by molar-refractivity contribution is 6.10. The van der Waals surface area contributed by atoms with E-state index in [-0.39, 0.29) is 17.5 Å². The van der Waals surface area contributed by atoms with Crippen molar-refractivity contribution in [3.05, 3.63) is 71.8 Å². The van der Waals surface area contributed by atoms with Crippen LogP contribution in [0.3, 0.4) is 0 Å². The van der Waals surface area contributed by atoms with Crippen LogP contribution in [-0.2, 0) is 4.79 Å². The van der Waals surface area contributed by atoms with Gasteiger partial charge >= 0.3 is 0 Å². The number of hydrogen-bond acceptors (Lipinski definition) is 4. The Hall–Kier alpha value is -2.30. The lowest BCUT2D eigenvalue weighted by Gasteiger charge is -2.40. The molecule has 4 atom stereocenters. The number of Topliss-reactive ketones (excluding diaryl/α,β-unsaturated/α-hetero) is 2. The average molecular weight is 376 g/mol. The molecular weight excluding hydrogens is 348 g/mol. The van der Waals surface area contributed by atoms with E-state index in [1.165, 1.54) is 0 Å². The molecule has 2 aliphatic rings. The molecule has 2 aromatic carbocycles. The molecule has 2 aromatic rings. The highest BCUT2D eigenvalue weighted by Crippen LogP contribution is 2.58. The van der Waals surface area contributed by atoms with Crippen molar-refractivity contribution >= 4 is 11.6 Å². The van der Waals surface area contributed by atoms with E-state index in [0.29, 0.717) is 31.2 Å². The fourth-order valence-corrected chi connectivity index (χ4v) is 5.52. The van der Waals surface area contributed by atoms with Gasteiger partial charge in [0.1, 0.15) is 0 Å². The van der Waals surface area contributed by atoms with Crippen molar-refractivity contribution in [1.29, 1.82) is 0 Å². The topological polar surface area (TPSA) is 86.2 Å². The maximum absolute atomic E-state index is 13.9. The van der Waals surface area contributed by atoms with Crippen LogP contribution in [0.2, 0.25) is 0 Å². The Bertz CT molecular complexity index is 897. The Kier molecular flexibility index (Phi) is 4.52. The van der Waals surface area contributed by atoms with Gasteiger partial charge in [0.25, 0.3) is 0 Å². The summed E-state index contributed by atoms with van der Waals surface area (Å²) in [5.41, 5.74) is 12.2. The summed E-state index contributed by atoms with van der Waals surface area (Å²) in [5, 5.41) is 0. The predicted molar refractivity (Wildman–Crippen MR) is 110 cm³/mol. The smallest absolute Gasteiger partial charge is 0.183 e. The fourth-order valence-electron chi connectivity index (χ4n) is 5.52. The number of benzene rings is 2. The van der Waals surface area contributed by atoms with E-state index in [4.69, 9.17) is 11.5 Å². The first-order valence-corrected chi connectivity index (χ1v) is 10.1. The quantitative estimate of drug-likeness (QED) is 0.798. The van der Waals surface area contributed by atoms with Gasteiger partial charge in [-0.1, -0.05) is 74.0 Å². The van der Waals surface area contributed by atoms with Crippen LogP contribution in [0.25, 0.3) is 0 Å². The number of nitrogens with two attached hydrogens (primary N) is 2. The highest BCUT2D eigenvalue weighted by atomic mass is 16.1. The second-order valence-corrected chi connectivity index (χ2v) is 8.60. The molecule has 2 aliphatic carbocycles. The molecule has 3 unspecified atom stereocenters. The molecule has 28 heavy (non-hydrogen) atoms. The van der Waals surface area contributed by atoms with Gasteiger partial charge in [0.05, 0.1) is 16.5 Å². The molecule has 0 amide bonds. The third-order valence-electron chi connectivity index (χ3n) is 7.36. The molecule has 0 bridgehead atoms. The van der Waals surface area contributed by atoms with Gasteiger partial charge < -0.3 is 11.5 Å². The SMILES string of the molecule is C[C@H](c1ccccc1)C1(N)CCC2(CCCC2(N)C(=O)c2ccccc2)C1=O. The number of ketones is 2. The monoisotopic (exact) mass is 376 g/mol. The second kappa shape index (κ2) is 6.64. The van der Waals surface area contributed by atoms with Gasteiger partial charge in [-0.3, -0.25) is 9.59 Å².